The van der Waals surface area contributed by atoms with Crippen LogP contribution < -0.4 is 5.73 Å². The summed E-state index contributed by atoms with van der Waals surface area (Å²) in [6.45, 7) is 1.54. The Morgan fingerprint density at radius 1 is 1.59 bits per heavy atom. The van der Waals surface area contributed by atoms with E-state index in [0.717, 1.165) is 37.4 Å². The molecular formula is C11H19N3O2S. The summed E-state index contributed by atoms with van der Waals surface area (Å²) >= 11 is 1.77. The third-order valence-corrected chi connectivity index (χ3v) is 3.58. The highest BCUT2D eigenvalue weighted by Crippen LogP contribution is 2.24. The molecule has 2 atom stereocenters. The monoisotopic (exact) mass is 257 g/mol. The first-order chi connectivity index (χ1) is 8.31. The van der Waals surface area contributed by atoms with Crippen molar-refractivity contribution in [3.63, 3.8) is 0 Å². The molecule has 1 aromatic heterocycles. The molecule has 0 spiro atoms. The van der Waals surface area contributed by atoms with Crippen LogP contribution in [-0.2, 0) is 4.74 Å². The second-order valence-corrected chi connectivity index (χ2v) is 5.28. The Labute approximate surface area is 105 Å². The maximum Gasteiger partial charge on any atom is 0.243 e. The maximum atomic E-state index is 5.98. The molecule has 2 heterocycles. The van der Waals surface area contributed by atoms with E-state index in [4.69, 9.17) is 15.0 Å². The van der Waals surface area contributed by atoms with Crippen LogP contribution in [0.3, 0.4) is 0 Å². The molecule has 6 heteroatoms. The lowest BCUT2D eigenvalue weighted by molar-refractivity contribution is 0.0773. The lowest BCUT2D eigenvalue weighted by Gasteiger charge is -2.18. The van der Waals surface area contributed by atoms with Gasteiger partial charge in [0.25, 0.3) is 0 Å². The van der Waals surface area contributed by atoms with Gasteiger partial charge in [-0.05, 0) is 31.3 Å². The molecule has 0 aliphatic carbocycles. The summed E-state index contributed by atoms with van der Waals surface area (Å²) in [4.78, 5) is 4.39. The van der Waals surface area contributed by atoms with E-state index in [9.17, 15) is 0 Å². The van der Waals surface area contributed by atoms with E-state index in [-0.39, 0.29) is 12.0 Å². The number of nitrogens with zero attached hydrogens (tertiary/aromatic N) is 2. The molecule has 5 nitrogen and oxygen atoms in total. The summed E-state index contributed by atoms with van der Waals surface area (Å²) in [7, 11) is 0. The zero-order valence-electron chi connectivity index (χ0n) is 10.1. The predicted molar refractivity (Wildman–Crippen MR) is 67.0 cm³/mol. The van der Waals surface area contributed by atoms with Crippen LogP contribution in [0.2, 0.25) is 0 Å². The van der Waals surface area contributed by atoms with Crippen LogP contribution in [0.5, 0.6) is 0 Å². The first-order valence-corrected chi connectivity index (χ1v) is 7.36. The fraction of sp³-hybridized carbons (Fsp3) is 0.818. The van der Waals surface area contributed by atoms with Crippen molar-refractivity contribution >= 4 is 11.8 Å². The molecule has 1 aromatic rings. The molecule has 0 bridgehead atoms. The summed E-state index contributed by atoms with van der Waals surface area (Å²) in [5.74, 6) is 2.58. The molecule has 1 aliphatic rings. The van der Waals surface area contributed by atoms with Gasteiger partial charge in [-0.25, -0.2) is 0 Å². The summed E-state index contributed by atoms with van der Waals surface area (Å²) in [6, 6.07) is -0.145. The van der Waals surface area contributed by atoms with Gasteiger partial charge in [-0.2, -0.15) is 16.7 Å². The molecule has 96 valence electrons. The maximum absolute atomic E-state index is 5.98. The first kappa shape index (κ1) is 12.9. The second-order valence-electron chi connectivity index (χ2n) is 4.29. The lowest BCUT2D eigenvalue weighted by atomic mass is 10.0. The fourth-order valence-corrected chi connectivity index (χ4v) is 2.37. The van der Waals surface area contributed by atoms with E-state index in [1.165, 1.54) is 0 Å². The number of hydrogen-bond donors (Lipinski definition) is 1. The van der Waals surface area contributed by atoms with Gasteiger partial charge in [-0.3, -0.25) is 0 Å². The highest BCUT2D eigenvalue weighted by atomic mass is 32.2. The van der Waals surface area contributed by atoms with Crippen molar-refractivity contribution < 1.29 is 9.26 Å². The minimum Gasteiger partial charge on any atom is -0.381 e. The van der Waals surface area contributed by atoms with Gasteiger partial charge in [-0.15, -0.1) is 0 Å². The van der Waals surface area contributed by atoms with Crippen molar-refractivity contribution in [2.45, 2.75) is 31.2 Å². The highest BCUT2D eigenvalue weighted by molar-refractivity contribution is 7.98. The molecule has 1 saturated heterocycles. The van der Waals surface area contributed by atoms with Gasteiger partial charge >= 0.3 is 0 Å². The Kier molecular flexibility index (Phi) is 4.82. The van der Waals surface area contributed by atoms with Gasteiger partial charge in [0.2, 0.25) is 5.89 Å². The van der Waals surface area contributed by atoms with E-state index in [1.807, 2.05) is 0 Å². The SMILES string of the molecule is CSCCC(N)c1nc(C2CCCOC2)no1. The van der Waals surface area contributed by atoms with Gasteiger partial charge < -0.3 is 15.0 Å². The van der Waals surface area contributed by atoms with Crippen molar-refractivity contribution in [1.82, 2.24) is 10.1 Å². The Balaban J connectivity index is 1.94. The number of rotatable bonds is 5. The summed E-state index contributed by atoms with van der Waals surface area (Å²) in [5, 5.41) is 4.02. The quantitative estimate of drug-likeness (QED) is 0.865. The van der Waals surface area contributed by atoms with Crippen molar-refractivity contribution in [3.8, 4) is 0 Å². The molecule has 0 saturated carbocycles. The molecule has 2 rings (SSSR count). The third-order valence-electron chi connectivity index (χ3n) is 2.93. The molecule has 0 amide bonds. The molecule has 2 N–H and O–H groups in total. The molecular weight excluding hydrogens is 238 g/mol. The molecule has 0 aromatic carbocycles. The van der Waals surface area contributed by atoms with E-state index in [0.29, 0.717) is 12.5 Å². The van der Waals surface area contributed by atoms with Crippen LogP contribution in [0.4, 0.5) is 0 Å². The molecule has 17 heavy (non-hydrogen) atoms. The van der Waals surface area contributed by atoms with Crippen LogP contribution in [0.15, 0.2) is 4.52 Å². The van der Waals surface area contributed by atoms with Crippen molar-refractivity contribution in [2.24, 2.45) is 5.73 Å². The van der Waals surface area contributed by atoms with Gasteiger partial charge in [0.05, 0.1) is 12.6 Å². The lowest BCUT2D eigenvalue weighted by Crippen LogP contribution is -2.17. The number of thioether (sulfide) groups is 1. The number of hydrogen-bond acceptors (Lipinski definition) is 6. The number of aromatic nitrogens is 2. The molecule has 0 radical (unpaired) electrons. The summed E-state index contributed by atoms with van der Waals surface area (Å²) in [6.07, 6.45) is 5.06. The predicted octanol–water partition coefficient (Wildman–Crippen LogP) is 1.72. The van der Waals surface area contributed by atoms with Gasteiger partial charge in [-0.1, -0.05) is 5.16 Å². The fourth-order valence-electron chi connectivity index (χ4n) is 1.88. The van der Waals surface area contributed by atoms with Gasteiger partial charge in [0.1, 0.15) is 0 Å². The average molecular weight is 257 g/mol. The summed E-state index contributed by atoms with van der Waals surface area (Å²) < 4.78 is 10.6. The van der Waals surface area contributed by atoms with Crippen LogP contribution in [0.1, 0.15) is 42.9 Å². The number of nitrogens with two attached hydrogens (primary N) is 1. The van der Waals surface area contributed by atoms with Crippen LogP contribution in [0, 0.1) is 0 Å². The zero-order valence-corrected chi connectivity index (χ0v) is 10.9. The van der Waals surface area contributed by atoms with Crippen molar-refractivity contribution in [1.29, 1.82) is 0 Å². The highest BCUT2D eigenvalue weighted by Gasteiger charge is 2.23. The average Bonchev–Trinajstić information content (AvgIpc) is 2.86. The van der Waals surface area contributed by atoms with E-state index < -0.39 is 0 Å². The summed E-state index contributed by atoms with van der Waals surface area (Å²) in [5.41, 5.74) is 5.98. The minimum absolute atomic E-state index is 0.145. The Morgan fingerprint density at radius 3 is 3.18 bits per heavy atom. The van der Waals surface area contributed by atoms with Crippen molar-refractivity contribution in [2.75, 3.05) is 25.2 Å². The second kappa shape index (κ2) is 6.37. The Hall–Kier alpha value is -0.590. The largest absolute Gasteiger partial charge is 0.381 e. The first-order valence-electron chi connectivity index (χ1n) is 5.97. The number of ether oxygens (including phenoxy) is 1. The van der Waals surface area contributed by atoms with Crippen LogP contribution in [0.25, 0.3) is 0 Å². The molecule has 2 unspecified atom stereocenters. The molecule has 1 fully saturated rings. The van der Waals surface area contributed by atoms with E-state index in [2.05, 4.69) is 16.4 Å². The van der Waals surface area contributed by atoms with Gasteiger partial charge in [0.15, 0.2) is 5.82 Å². The minimum atomic E-state index is -0.145. The normalized spacial score (nSPS) is 22.6. The topological polar surface area (TPSA) is 74.2 Å². The van der Waals surface area contributed by atoms with Gasteiger partial charge in [0, 0.05) is 12.5 Å². The standard InChI is InChI=1S/C11H19N3O2S/c1-17-6-4-9(12)11-13-10(14-16-11)8-3-2-5-15-7-8/h8-9H,2-7,12H2,1H3. The van der Waals surface area contributed by atoms with E-state index in [1.54, 1.807) is 11.8 Å². The van der Waals surface area contributed by atoms with Crippen LogP contribution >= 0.6 is 11.8 Å². The zero-order chi connectivity index (χ0) is 12.1. The molecule has 1 aliphatic heterocycles. The van der Waals surface area contributed by atoms with Crippen LogP contribution in [-0.4, -0.2) is 35.4 Å². The Morgan fingerprint density at radius 2 is 2.47 bits per heavy atom. The van der Waals surface area contributed by atoms with Crippen molar-refractivity contribution in [3.05, 3.63) is 11.7 Å². The third kappa shape index (κ3) is 3.43. The van der Waals surface area contributed by atoms with E-state index >= 15 is 0 Å². The smallest absolute Gasteiger partial charge is 0.243 e. The Bertz CT molecular complexity index is 339.